The van der Waals surface area contributed by atoms with Crippen LogP contribution < -0.4 is 10.5 Å². The van der Waals surface area contributed by atoms with Gasteiger partial charge in [-0.2, -0.15) is 0 Å². The maximum Gasteiger partial charge on any atom is 0.244 e. The summed E-state index contributed by atoms with van der Waals surface area (Å²) in [5.74, 6) is -0.439. The van der Waals surface area contributed by atoms with E-state index in [4.69, 9.17) is 5.73 Å². The molecule has 6 heteroatoms. The SMILES string of the molecule is CC(C)S(=O)(=O)NC(=O)C1(c2ccc(N)cc2)CC1. The largest absolute Gasteiger partial charge is 0.399 e. The van der Waals surface area contributed by atoms with Crippen LogP contribution in [0.4, 0.5) is 5.69 Å². The van der Waals surface area contributed by atoms with E-state index in [9.17, 15) is 13.2 Å². The monoisotopic (exact) mass is 282 g/mol. The first-order chi connectivity index (χ1) is 8.78. The molecule has 0 aliphatic heterocycles. The molecule has 0 spiro atoms. The molecule has 19 heavy (non-hydrogen) atoms. The van der Waals surface area contributed by atoms with Crippen molar-refractivity contribution in [2.24, 2.45) is 0 Å². The Kier molecular flexibility index (Phi) is 3.30. The molecule has 0 heterocycles. The fraction of sp³-hybridized carbons (Fsp3) is 0.462. The number of anilines is 1. The minimum atomic E-state index is -3.58. The molecule has 0 unspecified atom stereocenters. The lowest BCUT2D eigenvalue weighted by atomic mass is 9.95. The number of hydrogen-bond acceptors (Lipinski definition) is 4. The second-order valence-corrected chi connectivity index (χ2v) is 7.47. The van der Waals surface area contributed by atoms with Crippen molar-refractivity contribution in [3.05, 3.63) is 29.8 Å². The number of carbonyl (C=O) groups is 1. The Balaban J connectivity index is 2.22. The summed E-state index contributed by atoms with van der Waals surface area (Å²) < 4.78 is 25.7. The number of nitrogen functional groups attached to an aromatic ring is 1. The van der Waals surface area contributed by atoms with E-state index < -0.39 is 26.6 Å². The molecule has 1 aliphatic carbocycles. The summed E-state index contributed by atoms with van der Waals surface area (Å²) in [6.07, 6.45) is 1.33. The molecule has 1 aliphatic rings. The summed E-state index contributed by atoms with van der Waals surface area (Å²) in [6.45, 7) is 3.08. The number of amides is 1. The van der Waals surface area contributed by atoms with E-state index in [1.54, 1.807) is 38.1 Å². The van der Waals surface area contributed by atoms with Crippen molar-refractivity contribution in [3.8, 4) is 0 Å². The fourth-order valence-corrected chi connectivity index (χ4v) is 2.61. The maximum atomic E-state index is 12.2. The van der Waals surface area contributed by atoms with Crippen LogP contribution in [0.3, 0.4) is 0 Å². The van der Waals surface area contributed by atoms with E-state index in [0.29, 0.717) is 18.5 Å². The predicted molar refractivity (Wildman–Crippen MR) is 74.0 cm³/mol. The predicted octanol–water partition coefficient (Wildman–Crippen LogP) is 1.15. The van der Waals surface area contributed by atoms with Crippen LogP contribution in [-0.2, 0) is 20.2 Å². The molecule has 3 N–H and O–H groups in total. The normalized spacial score (nSPS) is 17.2. The number of rotatable bonds is 4. The molecule has 1 amide bonds. The molecule has 0 atom stereocenters. The van der Waals surface area contributed by atoms with Gasteiger partial charge in [-0.25, -0.2) is 8.42 Å². The second-order valence-electron chi connectivity index (χ2n) is 5.23. The third kappa shape index (κ3) is 2.58. The van der Waals surface area contributed by atoms with Crippen LogP contribution in [0.15, 0.2) is 24.3 Å². The second kappa shape index (κ2) is 4.52. The van der Waals surface area contributed by atoms with Crippen LogP contribution in [-0.4, -0.2) is 19.6 Å². The highest BCUT2D eigenvalue weighted by molar-refractivity contribution is 7.90. The van der Waals surface area contributed by atoms with Crippen molar-refractivity contribution in [1.29, 1.82) is 0 Å². The van der Waals surface area contributed by atoms with Crippen LogP contribution in [0.5, 0.6) is 0 Å². The van der Waals surface area contributed by atoms with Gasteiger partial charge in [0.25, 0.3) is 0 Å². The minimum Gasteiger partial charge on any atom is -0.399 e. The van der Waals surface area contributed by atoms with Crippen molar-refractivity contribution >= 4 is 21.6 Å². The van der Waals surface area contributed by atoms with E-state index in [1.807, 2.05) is 0 Å². The zero-order chi connectivity index (χ0) is 14.3. The summed E-state index contributed by atoms with van der Waals surface area (Å²) >= 11 is 0. The Morgan fingerprint density at radius 1 is 1.26 bits per heavy atom. The average molecular weight is 282 g/mol. The highest BCUT2D eigenvalue weighted by atomic mass is 32.2. The molecule has 104 valence electrons. The fourth-order valence-electron chi connectivity index (χ4n) is 1.92. The number of hydrogen-bond donors (Lipinski definition) is 2. The Bertz CT molecular complexity index is 587. The summed E-state index contributed by atoms with van der Waals surface area (Å²) in [5, 5.41) is -0.626. The van der Waals surface area contributed by atoms with Crippen molar-refractivity contribution in [2.75, 3.05) is 5.73 Å². The lowest BCUT2D eigenvalue weighted by Crippen LogP contribution is -2.42. The van der Waals surface area contributed by atoms with Crippen molar-refractivity contribution < 1.29 is 13.2 Å². The van der Waals surface area contributed by atoms with Crippen LogP contribution in [0, 0.1) is 0 Å². The Hall–Kier alpha value is -1.56. The molecule has 2 rings (SSSR count). The number of benzene rings is 1. The summed E-state index contributed by atoms with van der Waals surface area (Å²) in [6, 6.07) is 7.01. The molecular weight excluding hydrogens is 264 g/mol. The first kappa shape index (κ1) is 13.9. The molecule has 0 aromatic heterocycles. The minimum absolute atomic E-state index is 0.439. The third-order valence-electron chi connectivity index (χ3n) is 3.50. The molecular formula is C13H18N2O3S. The maximum absolute atomic E-state index is 12.2. The van der Waals surface area contributed by atoms with Gasteiger partial charge >= 0.3 is 0 Å². The van der Waals surface area contributed by atoms with Gasteiger partial charge in [0.05, 0.1) is 10.7 Å². The van der Waals surface area contributed by atoms with Crippen LogP contribution >= 0.6 is 0 Å². The molecule has 0 radical (unpaired) electrons. The molecule has 1 aromatic carbocycles. The van der Waals surface area contributed by atoms with Gasteiger partial charge in [0.2, 0.25) is 15.9 Å². The molecule has 1 aromatic rings. The van der Waals surface area contributed by atoms with Gasteiger partial charge in [-0.15, -0.1) is 0 Å². The smallest absolute Gasteiger partial charge is 0.244 e. The van der Waals surface area contributed by atoms with Crippen molar-refractivity contribution in [3.63, 3.8) is 0 Å². The van der Waals surface area contributed by atoms with E-state index in [2.05, 4.69) is 4.72 Å². The van der Waals surface area contributed by atoms with Gasteiger partial charge < -0.3 is 5.73 Å². The highest BCUT2D eigenvalue weighted by Crippen LogP contribution is 2.48. The quantitative estimate of drug-likeness (QED) is 0.811. The van der Waals surface area contributed by atoms with Gasteiger partial charge in [-0.1, -0.05) is 12.1 Å². The number of nitrogens with one attached hydrogen (secondary N) is 1. The molecule has 0 saturated heterocycles. The lowest BCUT2D eigenvalue weighted by Gasteiger charge is -2.17. The van der Waals surface area contributed by atoms with Gasteiger partial charge in [0, 0.05) is 5.69 Å². The first-order valence-corrected chi connectivity index (χ1v) is 7.75. The van der Waals surface area contributed by atoms with E-state index in [0.717, 1.165) is 5.56 Å². The Morgan fingerprint density at radius 2 is 1.79 bits per heavy atom. The molecule has 1 fully saturated rings. The zero-order valence-electron chi connectivity index (χ0n) is 11.0. The average Bonchev–Trinajstić information content (AvgIpc) is 3.10. The lowest BCUT2D eigenvalue weighted by molar-refractivity contribution is -0.121. The third-order valence-corrected chi connectivity index (χ3v) is 5.21. The number of carbonyl (C=O) groups excluding carboxylic acids is 1. The van der Waals surface area contributed by atoms with Gasteiger partial charge in [-0.3, -0.25) is 9.52 Å². The van der Waals surface area contributed by atoms with E-state index >= 15 is 0 Å². The Labute approximate surface area is 113 Å². The molecule has 0 bridgehead atoms. The summed E-state index contributed by atoms with van der Waals surface area (Å²) in [4.78, 5) is 12.2. The molecule has 1 saturated carbocycles. The van der Waals surface area contributed by atoms with Crippen LogP contribution in [0.25, 0.3) is 0 Å². The van der Waals surface area contributed by atoms with E-state index in [-0.39, 0.29) is 0 Å². The Morgan fingerprint density at radius 3 is 2.21 bits per heavy atom. The van der Waals surface area contributed by atoms with E-state index in [1.165, 1.54) is 0 Å². The zero-order valence-corrected chi connectivity index (χ0v) is 11.8. The van der Waals surface area contributed by atoms with Crippen LogP contribution in [0.2, 0.25) is 0 Å². The van der Waals surface area contributed by atoms with Crippen LogP contribution in [0.1, 0.15) is 32.3 Å². The highest BCUT2D eigenvalue weighted by Gasteiger charge is 2.52. The summed E-state index contributed by atoms with van der Waals surface area (Å²) in [5.41, 5.74) is 6.35. The van der Waals surface area contributed by atoms with Gasteiger partial charge in [0.1, 0.15) is 0 Å². The first-order valence-electron chi connectivity index (χ1n) is 6.20. The van der Waals surface area contributed by atoms with Crippen molar-refractivity contribution in [1.82, 2.24) is 4.72 Å². The number of sulfonamides is 1. The van der Waals surface area contributed by atoms with Gasteiger partial charge in [-0.05, 0) is 44.4 Å². The van der Waals surface area contributed by atoms with Crippen molar-refractivity contribution in [2.45, 2.75) is 37.4 Å². The standard InChI is InChI=1S/C13H18N2O3S/c1-9(2)19(17,18)15-12(16)13(7-8-13)10-3-5-11(14)6-4-10/h3-6,9H,7-8,14H2,1-2H3,(H,15,16). The van der Waals surface area contributed by atoms with Gasteiger partial charge in [0.15, 0.2) is 0 Å². The topological polar surface area (TPSA) is 89.3 Å². The number of nitrogens with two attached hydrogens (primary N) is 1. The molecule has 5 nitrogen and oxygen atoms in total. The summed E-state index contributed by atoms with van der Waals surface area (Å²) in [7, 11) is -3.58.